The standard InChI is InChI=1S/C28H21ClF4N2O2/c29-22-10-11-25(34-17-22)27(15-18-6-2-1-3-7-18,20-12-21(28(31,32)33)14-23(30)13-20)35-16-19-8-4-5-9-24(19)26(36)37/h1-14,17,35H,15-16H2,(H,36,37)/t27-/m0/s1. The van der Waals surface area contributed by atoms with Gasteiger partial charge in [0.2, 0.25) is 0 Å². The highest BCUT2D eigenvalue weighted by molar-refractivity contribution is 6.30. The van der Waals surface area contributed by atoms with Gasteiger partial charge in [-0.2, -0.15) is 13.2 Å². The summed E-state index contributed by atoms with van der Waals surface area (Å²) >= 11 is 6.05. The lowest BCUT2D eigenvalue weighted by Crippen LogP contribution is -2.46. The SMILES string of the molecule is O=C(O)c1ccccc1CN[C@@](Cc1ccccc1)(c1cc(F)cc(C(F)(F)F)c1)c1ccc(Cl)cn1. The van der Waals surface area contributed by atoms with Crippen LogP contribution < -0.4 is 5.32 Å². The van der Waals surface area contributed by atoms with Crippen molar-refractivity contribution in [2.24, 2.45) is 0 Å². The van der Waals surface area contributed by atoms with Crippen LogP contribution in [-0.4, -0.2) is 16.1 Å². The number of carboxylic acid groups (broad SMARTS) is 1. The van der Waals surface area contributed by atoms with E-state index in [4.69, 9.17) is 11.6 Å². The maximum atomic E-state index is 14.7. The third-order valence-corrected chi connectivity index (χ3v) is 6.25. The van der Waals surface area contributed by atoms with Gasteiger partial charge in [0.15, 0.2) is 0 Å². The van der Waals surface area contributed by atoms with Crippen molar-refractivity contribution in [3.63, 3.8) is 0 Å². The maximum Gasteiger partial charge on any atom is 0.416 e. The fourth-order valence-electron chi connectivity index (χ4n) is 4.25. The Morgan fingerprint density at radius 3 is 2.24 bits per heavy atom. The van der Waals surface area contributed by atoms with Crippen molar-refractivity contribution in [1.82, 2.24) is 10.3 Å². The molecule has 0 saturated carbocycles. The summed E-state index contributed by atoms with van der Waals surface area (Å²) in [6, 6.07) is 20.7. The van der Waals surface area contributed by atoms with Gasteiger partial charge in [-0.15, -0.1) is 0 Å². The molecule has 1 heterocycles. The van der Waals surface area contributed by atoms with Gasteiger partial charge in [0, 0.05) is 19.2 Å². The Morgan fingerprint density at radius 2 is 1.59 bits per heavy atom. The minimum absolute atomic E-state index is 0.0219. The Labute approximate surface area is 215 Å². The van der Waals surface area contributed by atoms with Gasteiger partial charge in [-0.3, -0.25) is 10.3 Å². The average molecular weight is 529 g/mol. The van der Waals surface area contributed by atoms with Crippen molar-refractivity contribution in [2.45, 2.75) is 24.7 Å². The molecular formula is C28H21ClF4N2O2. The number of carbonyl (C=O) groups is 1. The molecule has 0 bridgehead atoms. The molecule has 0 unspecified atom stereocenters. The predicted octanol–water partition coefficient (Wildman–Crippen LogP) is 6.87. The van der Waals surface area contributed by atoms with Gasteiger partial charge >= 0.3 is 12.1 Å². The third kappa shape index (κ3) is 5.98. The van der Waals surface area contributed by atoms with Gasteiger partial charge in [-0.25, -0.2) is 9.18 Å². The molecule has 0 aliphatic rings. The van der Waals surface area contributed by atoms with Crippen LogP contribution in [-0.2, 0) is 24.7 Å². The number of alkyl halides is 3. The number of hydrogen-bond donors (Lipinski definition) is 2. The Hall–Kier alpha value is -3.75. The molecule has 37 heavy (non-hydrogen) atoms. The van der Waals surface area contributed by atoms with Crippen LogP contribution in [0.2, 0.25) is 5.02 Å². The van der Waals surface area contributed by atoms with Gasteiger partial charge in [0.25, 0.3) is 0 Å². The summed E-state index contributed by atoms with van der Waals surface area (Å²) in [6.07, 6.45) is -3.36. The van der Waals surface area contributed by atoms with E-state index >= 15 is 0 Å². The number of aromatic nitrogens is 1. The largest absolute Gasteiger partial charge is 0.478 e. The van der Waals surface area contributed by atoms with E-state index in [9.17, 15) is 27.5 Å². The average Bonchev–Trinajstić information content (AvgIpc) is 2.87. The smallest absolute Gasteiger partial charge is 0.416 e. The summed E-state index contributed by atoms with van der Waals surface area (Å²) in [4.78, 5) is 16.2. The van der Waals surface area contributed by atoms with Crippen LogP contribution >= 0.6 is 11.6 Å². The van der Waals surface area contributed by atoms with Gasteiger partial charge in [-0.05, 0) is 53.1 Å². The summed E-state index contributed by atoms with van der Waals surface area (Å²) in [5, 5.41) is 13.2. The second-order valence-corrected chi connectivity index (χ2v) is 8.91. The number of rotatable bonds is 8. The van der Waals surface area contributed by atoms with Crippen LogP contribution in [0.25, 0.3) is 0 Å². The van der Waals surface area contributed by atoms with E-state index in [2.05, 4.69) is 10.3 Å². The van der Waals surface area contributed by atoms with Crippen molar-refractivity contribution in [3.8, 4) is 0 Å². The van der Waals surface area contributed by atoms with E-state index in [1.165, 1.54) is 12.3 Å². The topological polar surface area (TPSA) is 62.2 Å². The second kappa shape index (κ2) is 10.7. The van der Waals surface area contributed by atoms with Crippen molar-refractivity contribution in [2.75, 3.05) is 0 Å². The maximum absolute atomic E-state index is 14.7. The van der Waals surface area contributed by atoms with Gasteiger partial charge in [0.05, 0.1) is 27.4 Å². The van der Waals surface area contributed by atoms with Crippen LogP contribution in [0, 0.1) is 5.82 Å². The van der Waals surface area contributed by atoms with E-state index in [0.29, 0.717) is 16.7 Å². The number of aromatic carboxylic acids is 1. The molecule has 2 N–H and O–H groups in total. The molecule has 3 aromatic carbocycles. The summed E-state index contributed by atoms with van der Waals surface area (Å²) in [6.45, 7) is -0.0581. The number of carboxylic acids is 1. The molecular weight excluding hydrogens is 508 g/mol. The number of nitrogens with zero attached hydrogens (tertiary/aromatic N) is 1. The number of hydrogen-bond acceptors (Lipinski definition) is 3. The number of benzene rings is 3. The van der Waals surface area contributed by atoms with Gasteiger partial charge in [0.1, 0.15) is 5.82 Å². The van der Waals surface area contributed by atoms with Crippen LogP contribution in [0.15, 0.2) is 91.1 Å². The van der Waals surface area contributed by atoms with Gasteiger partial charge in [-0.1, -0.05) is 60.1 Å². The minimum atomic E-state index is -4.79. The highest BCUT2D eigenvalue weighted by Crippen LogP contribution is 2.38. The fraction of sp³-hybridized carbons (Fsp3) is 0.143. The fourth-order valence-corrected chi connectivity index (χ4v) is 4.37. The van der Waals surface area contributed by atoms with E-state index in [0.717, 1.165) is 17.7 Å². The lowest BCUT2D eigenvalue weighted by Gasteiger charge is -2.36. The Balaban J connectivity index is 1.95. The first-order valence-corrected chi connectivity index (χ1v) is 11.6. The van der Waals surface area contributed by atoms with E-state index in [-0.39, 0.29) is 29.8 Å². The highest BCUT2D eigenvalue weighted by Gasteiger charge is 2.39. The van der Waals surface area contributed by atoms with Crippen LogP contribution in [0.4, 0.5) is 17.6 Å². The molecule has 9 heteroatoms. The molecule has 1 atom stereocenters. The van der Waals surface area contributed by atoms with E-state index in [1.807, 2.05) is 0 Å². The lowest BCUT2D eigenvalue weighted by molar-refractivity contribution is -0.137. The molecule has 190 valence electrons. The van der Waals surface area contributed by atoms with Crippen molar-refractivity contribution >= 4 is 17.6 Å². The van der Waals surface area contributed by atoms with Crippen molar-refractivity contribution < 1.29 is 27.5 Å². The van der Waals surface area contributed by atoms with E-state index < -0.39 is 29.1 Å². The number of pyridine rings is 1. The molecule has 0 fully saturated rings. The molecule has 0 amide bonds. The minimum Gasteiger partial charge on any atom is -0.478 e. The van der Waals surface area contributed by atoms with Crippen LogP contribution in [0.5, 0.6) is 0 Å². The molecule has 4 aromatic rings. The quantitative estimate of drug-likeness (QED) is 0.245. The molecule has 4 rings (SSSR count). The zero-order chi connectivity index (χ0) is 26.6. The van der Waals surface area contributed by atoms with Gasteiger partial charge < -0.3 is 5.11 Å². The van der Waals surface area contributed by atoms with E-state index in [1.54, 1.807) is 60.7 Å². The Morgan fingerprint density at radius 1 is 0.919 bits per heavy atom. The number of nitrogens with one attached hydrogen (secondary N) is 1. The van der Waals surface area contributed by atoms with Crippen molar-refractivity contribution in [3.05, 3.63) is 135 Å². The van der Waals surface area contributed by atoms with Crippen molar-refractivity contribution in [1.29, 1.82) is 0 Å². The predicted molar refractivity (Wildman–Crippen MR) is 132 cm³/mol. The molecule has 0 spiro atoms. The first-order valence-electron chi connectivity index (χ1n) is 11.2. The second-order valence-electron chi connectivity index (χ2n) is 8.47. The monoisotopic (exact) mass is 528 g/mol. The third-order valence-electron chi connectivity index (χ3n) is 6.02. The molecule has 4 nitrogen and oxygen atoms in total. The zero-order valence-electron chi connectivity index (χ0n) is 19.3. The Kier molecular flexibility index (Phi) is 7.61. The molecule has 1 aromatic heterocycles. The number of halogens is 5. The first-order chi connectivity index (χ1) is 17.6. The summed E-state index contributed by atoms with van der Waals surface area (Å²) in [5.41, 5.74) is -1.22. The van der Waals surface area contributed by atoms with Crippen LogP contribution in [0.1, 0.15) is 38.3 Å². The summed E-state index contributed by atoms with van der Waals surface area (Å²) < 4.78 is 55.9. The lowest BCUT2D eigenvalue weighted by atomic mass is 9.79. The zero-order valence-corrected chi connectivity index (χ0v) is 20.0. The molecule has 0 aliphatic heterocycles. The normalized spacial score (nSPS) is 13.2. The Bertz CT molecular complexity index is 1400. The first kappa shape index (κ1) is 26.3. The summed E-state index contributed by atoms with van der Waals surface area (Å²) in [7, 11) is 0. The highest BCUT2D eigenvalue weighted by atomic mass is 35.5. The summed E-state index contributed by atoms with van der Waals surface area (Å²) in [5.74, 6) is -2.22. The molecule has 0 aliphatic carbocycles. The molecule has 0 saturated heterocycles. The van der Waals surface area contributed by atoms with Crippen LogP contribution in [0.3, 0.4) is 0 Å². The molecule has 0 radical (unpaired) electrons.